The van der Waals surface area contributed by atoms with E-state index in [2.05, 4.69) is 27.2 Å². The van der Waals surface area contributed by atoms with Gasteiger partial charge in [-0.2, -0.15) is 0 Å². The third kappa shape index (κ3) is 3.47. The van der Waals surface area contributed by atoms with Crippen molar-refractivity contribution in [1.82, 2.24) is 15.3 Å². The van der Waals surface area contributed by atoms with Gasteiger partial charge in [-0.05, 0) is 12.1 Å². The first kappa shape index (κ1) is 12.0. The maximum atomic E-state index is 4.60. The quantitative estimate of drug-likeness (QED) is 0.627. The number of thiazole rings is 1. The Morgan fingerprint density at radius 1 is 1.35 bits per heavy atom. The van der Waals surface area contributed by atoms with Crippen LogP contribution in [-0.4, -0.2) is 23.1 Å². The average Bonchev–Trinajstić information content (AvgIpc) is 2.85. The summed E-state index contributed by atoms with van der Waals surface area (Å²) in [7, 11) is 0. The zero-order valence-corrected chi connectivity index (χ0v) is 10.4. The Bertz CT molecular complexity index is 465. The molecule has 0 bridgehead atoms. The zero-order valence-electron chi connectivity index (χ0n) is 9.60. The molecule has 0 aliphatic rings. The lowest BCUT2D eigenvalue weighted by Crippen LogP contribution is -2.16. The predicted molar refractivity (Wildman–Crippen MR) is 72.1 cm³/mol. The molecular formula is C13H15N3S. The van der Waals surface area contributed by atoms with Crippen molar-refractivity contribution < 1.29 is 0 Å². The number of nitrogens with zero attached hydrogens (tertiary/aromatic N) is 2. The first-order chi connectivity index (χ1) is 8.40. The van der Waals surface area contributed by atoms with Crippen molar-refractivity contribution in [3.05, 3.63) is 47.6 Å². The molecule has 4 heteroatoms. The minimum absolute atomic E-state index is 0.850. The number of rotatable bonds is 6. The van der Waals surface area contributed by atoms with Crippen molar-refractivity contribution in [2.24, 2.45) is 0 Å². The van der Waals surface area contributed by atoms with Crippen LogP contribution in [0.5, 0.6) is 0 Å². The van der Waals surface area contributed by atoms with Gasteiger partial charge >= 0.3 is 0 Å². The lowest BCUT2D eigenvalue weighted by molar-refractivity contribution is 0.742. The van der Waals surface area contributed by atoms with Crippen LogP contribution in [0, 0.1) is 0 Å². The van der Waals surface area contributed by atoms with Crippen molar-refractivity contribution in [3.8, 4) is 11.3 Å². The predicted octanol–water partition coefficient (Wildman–Crippen LogP) is 2.52. The third-order valence-corrected chi connectivity index (χ3v) is 3.24. The summed E-state index contributed by atoms with van der Waals surface area (Å²) in [5, 5.41) is 6.53. The van der Waals surface area contributed by atoms with Crippen LogP contribution in [0.1, 0.15) is 5.01 Å². The second kappa shape index (κ2) is 6.27. The first-order valence-corrected chi connectivity index (χ1v) is 6.44. The second-order valence-corrected chi connectivity index (χ2v) is 4.55. The van der Waals surface area contributed by atoms with E-state index in [4.69, 9.17) is 0 Å². The van der Waals surface area contributed by atoms with E-state index in [1.165, 1.54) is 0 Å². The molecule has 0 aromatic carbocycles. The van der Waals surface area contributed by atoms with Gasteiger partial charge in [0.25, 0.3) is 0 Å². The fourth-order valence-corrected chi connectivity index (χ4v) is 2.29. The lowest BCUT2D eigenvalue weighted by atomic mass is 10.2. The van der Waals surface area contributed by atoms with Crippen molar-refractivity contribution in [1.29, 1.82) is 0 Å². The molecule has 0 fully saturated rings. The monoisotopic (exact) mass is 245 g/mol. The number of nitrogens with one attached hydrogen (secondary N) is 1. The zero-order chi connectivity index (χ0) is 11.9. The van der Waals surface area contributed by atoms with Gasteiger partial charge in [0, 0.05) is 42.8 Å². The Balaban J connectivity index is 1.94. The summed E-state index contributed by atoms with van der Waals surface area (Å²) in [6, 6.07) is 3.96. The SMILES string of the molecule is C=CCNCCc1nc(-c2ccncc2)cs1. The molecule has 2 heterocycles. The standard InChI is InChI=1S/C13H15N3S/c1-2-6-14-9-5-13-16-12(10-17-13)11-3-7-15-8-4-11/h2-4,7-8,10,14H,1,5-6,9H2. The fourth-order valence-electron chi connectivity index (χ4n) is 1.48. The van der Waals surface area contributed by atoms with E-state index < -0.39 is 0 Å². The highest BCUT2D eigenvalue weighted by molar-refractivity contribution is 7.09. The summed E-state index contributed by atoms with van der Waals surface area (Å²) in [6.07, 6.45) is 6.41. The summed E-state index contributed by atoms with van der Waals surface area (Å²) in [5.41, 5.74) is 2.16. The van der Waals surface area contributed by atoms with E-state index >= 15 is 0 Å². The molecule has 0 amide bonds. The summed E-state index contributed by atoms with van der Waals surface area (Å²) < 4.78 is 0. The smallest absolute Gasteiger partial charge is 0.0945 e. The van der Waals surface area contributed by atoms with E-state index in [0.29, 0.717) is 0 Å². The van der Waals surface area contributed by atoms with Crippen molar-refractivity contribution in [2.45, 2.75) is 6.42 Å². The molecule has 2 rings (SSSR count). The molecule has 2 aromatic rings. The maximum absolute atomic E-state index is 4.60. The Hall–Kier alpha value is -1.52. The van der Waals surface area contributed by atoms with E-state index in [1.54, 1.807) is 23.7 Å². The molecule has 0 aliphatic heterocycles. The van der Waals surface area contributed by atoms with Gasteiger partial charge in [-0.25, -0.2) is 4.98 Å². The van der Waals surface area contributed by atoms with Gasteiger partial charge in [0.15, 0.2) is 0 Å². The molecule has 88 valence electrons. The number of hydrogen-bond donors (Lipinski definition) is 1. The van der Waals surface area contributed by atoms with Crippen molar-refractivity contribution in [2.75, 3.05) is 13.1 Å². The maximum Gasteiger partial charge on any atom is 0.0945 e. The Morgan fingerprint density at radius 2 is 2.18 bits per heavy atom. The molecule has 0 atom stereocenters. The number of pyridine rings is 1. The van der Waals surface area contributed by atoms with Gasteiger partial charge in [0.2, 0.25) is 0 Å². The summed E-state index contributed by atoms with van der Waals surface area (Å²) in [5.74, 6) is 0. The molecule has 3 nitrogen and oxygen atoms in total. The van der Waals surface area contributed by atoms with Crippen molar-refractivity contribution in [3.63, 3.8) is 0 Å². The van der Waals surface area contributed by atoms with Gasteiger partial charge in [0.05, 0.1) is 10.7 Å². The minimum atomic E-state index is 0.850. The van der Waals surface area contributed by atoms with Gasteiger partial charge in [-0.1, -0.05) is 6.08 Å². The molecule has 0 unspecified atom stereocenters. The largest absolute Gasteiger partial charge is 0.313 e. The van der Waals surface area contributed by atoms with E-state index in [-0.39, 0.29) is 0 Å². The molecule has 0 radical (unpaired) electrons. The molecule has 0 saturated carbocycles. The highest BCUT2D eigenvalue weighted by atomic mass is 32.1. The van der Waals surface area contributed by atoms with Crippen LogP contribution in [-0.2, 0) is 6.42 Å². The van der Waals surface area contributed by atoms with Crippen LogP contribution < -0.4 is 5.32 Å². The molecule has 0 saturated heterocycles. The lowest BCUT2D eigenvalue weighted by Gasteiger charge is -1.98. The minimum Gasteiger partial charge on any atom is -0.313 e. The second-order valence-electron chi connectivity index (χ2n) is 3.61. The molecule has 0 spiro atoms. The van der Waals surface area contributed by atoms with E-state index in [1.807, 2.05) is 18.2 Å². The molecule has 2 aromatic heterocycles. The summed E-state index contributed by atoms with van der Waals surface area (Å²) >= 11 is 1.71. The fraction of sp³-hybridized carbons (Fsp3) is 0.231. The highest BCUT2D eigenvalue weighted by Crippen LogP contribution is 2.20. The molecule has 1 N–H and O–H groups in total. The van der Waals surface area contributed by atoms with E-state index in [0.717, 1.165) is 35.8 Å². The van der Waals surface area contributed by atoms with Crippen LogP contribution in [0.3, 0.4) is 0 Å². The van der Waals surface area contributed by atoms with E-state index in [9.17, 15) is 0 Å². The van der Waals surface area contributed by atoms with Crippen LogP contribution in [0.15, 0.2) is 42.6 Å². The Kier molecular flexibility index (Phi) is 4.41. The Morgan fingerprint density at radius 3 is 2.94 bits per heavy atom. The van der Waals surface area contributed by atoms with Crippen LogP contribution in [0.4, 0.5) is 0 Å². The number of hydrogen-bond acceptors (Lipinski definition) is 4. The van der Waals surface area contributed by atoms with Crippen LogP contribution >= 0.6 is 11.3 Å². The van der Waals surface area contributed by atoms with Gasteiger partial charge in [-0.3, -0.25) is 4.98 Å². The van der Waals surface area contributed by atoms with Crippen LogP contribution in [0.2, 0.25) is 0 Å². The average molecular weight is 245 g/mol. The van der Waals surface area contributed by atoms with Crippen LogP contribution in [0.25, 0.3) is 11.3 Å². The number of aromatic nitrogens is 2. The molecule has 0 aliphatic carbocycles. The first-order valence-electron chi connectivity index (χ1n) is 5.56. The molecule has 17 heavy (non-hydrogen) atoms. The Labute approximate surface area is 105 Å². The van der Waals surface area contributed by atoms with Gasteiger partial charge in [-0.15, -0.1) is 17.9 Å². The van der Waals surface area contributed by atoms with Gasteiger partial charge < -0.3 is 5.32 Å². The topological polar surface area (TPSA) is 37.8 Å². The van der Waals surface area contributed by atoms with Crippen molar-refractivity contribution >= 4 is 11.3 Å². The summed E-state index contributed by atoms with van der Waals surface area (Å²) in [4.78, 5) is 8.61. The third-order valence-electron chi connectivity index (χ3n) is 2.33. The molecular weight excluding hydrogens is 230 g/mol. The summed E-state index contributed by atoms with van der Waals surface area (Å²) in [6.45, 7) is 5.46. The highest BCUT2D eigenvalue weighted by Gasteiger charge is 2.03. The normalized spacial score (nSPS) is 10.4. The van der Waals surface area contributed by atoms with Gasteiger partial charge in [0.1, 0.15) is 0 Å².